The summed E-state index contributed by atoms with van der Waals surface area (Å²) in [5.41, 5.74) is 2.67. The van der Waals surface area contributed by atoms with Gasteiger partial charge >= 0.3 is 0 Å². The number of benzene rings is 2. The van der Waals surface area contributed by atoms with Crippen molar-refractivity contribution in [1.82, 2.24) is 4.90 Å². The number of halogens is 1. The Balaban J connectivity index is 1.63. The summed E-state index contributed by atoms with van der Waals surface area (Å²) in [6.07, 6.45) is 0.958. The van der Waals surface area contributed by atoms with E-state index in [2.05, 4.69) is 23.5 Å². The number of carbonyl (C=O) groups is 2. The number of anilines is 1. The van der Waals surface area contributed by atoms with Gasteiger partial charge in [-0.15, -0.1) is 0 Å². The monoisotopic (exact) mass is 398 g/mol. The van der Waals surface area contributed by atoms with E-state index in [9.17, 15) is 14.0 Å². The van der Waals surface area contributed by atoms with Crippen LogP contribution in [-0.2, 0) is 22.6 Å². The maximum absolute atomic E-state index is 13.1. The smallest absolute Gasteiger partial charge is 0.278 e. The van der Waals surface area contributed by atoms with E-state index < -0.39 is 5.54 Å². The molecule has 3 rings (SSSR count). The van der Waals surface area contributed by atoms with E-state index in [4.69, 9.17) is 0 Å². The Hall–Kier alpha value is -2.73. The Morgan fingerprint density at radius 1 is 1.07 bits per heavy atom. The van der Waals surface area contributed by atoms with Crippen LogP contribution in [0, 0.1) is 5.82 Å². The molecule has 5 nitrogen and oxygen atoms in total. The largest absolute Gasteiger partial charge is 0.325 e. The molecule has 2 N–H and O–H groups in total. The van der Waals surface area contributed by atoms with Gasteiger partial charge in [-0.3, -0.25) is 9.59 Å². The molecule has 1 heterocycles. The third kappa shape index (κ3) is 5.64. The van der Waals surface area contributed by atoms with Crippen molar-refractivity contribution in [2.24, 2.45) is 0 Å². The average molecular weight is 399 g/mol. The Labute approximate surface area is 171 Å². The van der Waals surface area contributed by atoms with Crippen LogP contribution in [-0.4, -0.2) is 41.9 Å². The van der Waals surface area contributed by atoms with Gasteiger partial charge in [0.15, 0.2) is 6.54 Å². The van der Waals surface area contributed by atoms with Crippen molar-refractivity contribution in [3.05, 3.63) is 65.5 Å². The number of hydrogen-bond acceptors (Lipinski definition) is 2. The molecule has 0 spiro atoms. The number of carbonyl (C=O) groups excluding carboxylic acids is 2. The number of hydrogen-bond donors (Lipinski definition) is 2. The Morgan fingerprint density at radius 3 is 2.38 bits per heavy atom. The maximum atomic E-state index is 13.1. The van der Waals surface area contributed by atoms with E-state index in [-0.39, 0.29) is 24.2 Å². The van der Waals surface area contributed by atoms with Crippen molar-refractivity contribution >= 4 is 17.5 Å². The highest BCUT2D eigenvalue weighted by molar-refractivity contribution is 5.94. The first-order valence-electron chi connectivity index (χ1n) is 9.98. The van der Waals surface area contributed by atoms with E-state index in [0.29, 0.717) is 12.2 Å². The summed E-state index contributed by atoms with van der Waals surface area (Å²) in [5, 5.41) is 2.74. The van der Waals surface area contributed by atoms with Gasteiger partial charge in [-0.25, -0.2) is 4.39 Å². The summed E-state index contributed by atoms with van der Waals surface area (Å²) >= 11 is 0. The molecular formula is C23H29FN3O2+. The lowest BCUT2D eigenvalue weighted by Gasteiger charge is -2.36. The summed E-state index contributed by atoms with van der Waals surface area (Å²) in [6.45, 7) is 7.83. The minimum Gasteiger partial charge on any atom is -0.325 e. The average Bonchev–Trinajstić information content (AvgIpc) is 2.67. The van der Waals surface area contributed by atoms with Crippen molar-refractivity contribution in [2.75, 3.05) is 25.0 Å². The van der Waals surface area contributed by atoms with Crippen molar-refractivity contribution in [3.63, 3.8) is 0 Å². The minimum atomic E-state index is -0.482. The zero-order chi connectivity index (χ0) is 21.0. The second-order valence-corrected chi connectivity index (χ2v) is 8.58. The molecule has 0 aromatic heterocycles. The molecule has 1 unspecified atom stereocenters. The number of quaternary nitrogens is 1. The zero-order valence-electron chi connectivity index (χ0n) is 17.3. The summed E-state index contributed by atoms with van der Waals surface area (Å²) in [5.74, 6) is -0.694. The predicted octanol–water partition coefficient (Wildman–Crippen LogP) is 2.03. The highest BCUT2D eigenvalue weighted by Gasteiger charge is 2.32. The van der Waals surface area contributed by atoms with Crippen molar-refractivity contribution in [2.45, 2.75) is 39.3 Å². The van der Waals surface area contributed by atoms with Crippen LogP contribution in [0.5, 0.6) is 0 Å². The number of nitrogens with one attached hydrogen (secondary N) is 2. The SMILES string of the molecule is CC(C)(C)N(CC(=O)Nc1ccc(F)cc1)C(=O)C[NH+]1CCc2ccccc2C1. The molecule has 2 aromatic rings. The molecule has 0 saturated carbocycles. The molecule has 0 bridgehead atoms. The van der Waals surface area contributed by atoms with Gasteiger partial charge in [-0.1, -0.05) is 24.3 Å². The van der Waals surface area contributed by atoms with Crippen molar-refractivity contribution < 1.29 is 18.9 Å². The van der Waals surface area contributed by atoms with Gasteiger partial charge in [-0.2, -0.15) is 0 Å². The molecule has 0 aliphatic carbocycles. The van der Waals surface area contributed by atoms with Gasteiger partial charge in [0, 0.05) is 23.2 Å². The molecule has 1 aliphatic rings. The molecule has 1 aliphatic heterocycles. The lowest BCUT2D eigenvalue weighted by Crippen LogP contribution is -3.13. The fourth-order valence-electron chi connectivity index (χ4n) is 3.68. The molecule has 1 atom stereocenters. The number of nitrogens with zero attached hydrogens (tertiary/aromatic N) is 1. The third-order valence-corrected chi connectivity index (χ3v) is 5.25. The molecule has 29 heavy (non-hydrogen) atoms. The van der Waals surface area contributed by atoms with Crippen LogP contribution in [0.25, 0.3) is 0 Å². The molecule has 6 heteroatoms. The molecule has 0 saturated heterocycles. The van der Waals surface area contributed by atoms with Crippen LogP contribution < -0.4 is 10.2 Å². The second-order valence-electron chi connectivity index (χ2n) is 8.58. The molecule has 2 aromatic carbocycles. The fraction of sp³-hybridized carbons (Fsp3) is 0.391. The lowest BCUT2D eigenvalue weighted by molar-refractivity contribution is -0.908. The predicted molar refractivity (Wildman–Crippen MR) is 111 cm³/mol. The Morgan fingerprint density at radius 2 is 1.72 bits per heavy atom. The first-order valence-corrected chi connectivity index (χ1v) is 9.98. The van der Waals surface area contributed by atoms with Crippen LogP contribution >= 0.6 is 0 Å². The van der Waals surface area contributed by atoms with E-state index in [1.807, 2.05) is 26.8 Å². The highest BCUT2D eigenvalue weighted by atomic mass is 19.1. The Bertz CT molecular complexity index is 874. The number of rotatable bonds is 5. The highest BCUT2D eigenvalue weighted by Crippen LogP contribution is 2.15. The lowest BCUT2D eigenvalue weighted by atomic mass is 10.00. The zero-order valence-corrected chi connectivity index (χ0v) is 17.3. The van der Waals surface area contributed by atoms with E-state index in [1.54, 1.807) is 4.90 Å². The maximum Gasteiger partial charge on any atom is 0.278 e. The Kier molecular flexibility index (Phi) is 6.33. The van der Waals surface area contributed by atoms with E-state index in [1.165, 1.54) is 40.3 Å². The van der Waals surface area contributed by atoms with Crippen LogP contribution in [0.4, 0.5) is 10.1 Å². The second kappa shape index (κ2) is 8.74. The van der Waals surface area contributed by atoms with Gasteiger partial charge in [0.1, 0.15) is 18.9 Å². The van der Waals surface area contributed by atoms with Crippen molar-refractivity contribution in [1.29, 1.82) is 0 Å². The van der Waals surface area contributed by atoms with Crippen LogP contribution in [0.2, 0.25) is 0 Å². The number of amides is 2. The van der Waals surface area contributed by atoms with Crippen LogP contribution in [0.1, 0.15) is 31.9 Å². The summed E-state index contributed by atoms with van der Waals surface area (Å²) in [6, 6.07) is 13.9. The van der Waals surface area contributed by atoms with Gasteiger partial charge < -0.3 is 15.1 Å². The normalized spacial score (nSPS) is 16.1. The van der Waals surface area contributed by atoms with Gasteiger partial charge in [0.05, 0.1) is 6.54 Å². The summed E-state index contributed by atoms with van der Waals surface area (Å²) in [7, 11) is 0. The van der Waals surface area contributed by atoms with E-state index in [0.717, 1.165) is 19.5 Å². The summed E-state index contributed by atoms with van der Waals surface area (Å²) < 4.78 is 13.0. The van der Waals surface area contributed by atoms with Gasteiger partial charge in [-0.05, 0) is 50.6 Å². The first-order chi connectivity index (χ1) is 13.7. The van der Waals surface area contributed by atoms with Crippen LogP contribution in [0.15, 0.2) is 48.5 Å². The van der Waals surface area contributed by atoms with Crippen molar-refractivity contribution in [3.8, 4) is 0 Å². The fourth-order valence-corrected chi connectivity index (χ4v) is 3.68. The minimum absolute atomic E-state index is 0.0381. The third-order valence-electron chi connectivity index (χ3n) is 5.25. The topological polar surface area (TPSA) is 53.9 Å². The first kappa shape index (κ1) is 21.0. The molecular weight excluding hydrogens is 369 g/mol. The van der Waals surface area contributed by atoms with Gasteiger partial charge in [0.25, 0.3) is 5.91 Å². The molecule has 0 radical (unpaired) electrons. The van der Waals surface area contributed by atoms with Gasteiger partial charge in [0.2, 0.25) is 5.91 Å². The molecule has 2 amide bonds. The summed E-state index contributed by atoms with van der Waals surface area (Å²) in [4.78, 5) is 28.4. The van der Waals surface area contributed by atoms with Crippen LogP contribution in [0.3, 0.4) is 0 Å². The standard InChI is InChI=1S/C23H28FN3O2/c1-23(2,3)27(15-21(28)25-20-10-8-19(24)9-11-20)22(29)16-26-13-12-17-6-4-5-7-18(17)14-26/h4-11H,12-16H2,1-3H3,(H,25,28)/p+1. The molecule has 0 fully saturated rings. The quantitative estimate of drug-likeness (QED) is 0.810. The molecule has 154 valence electrons. The number of fused-ring (bicyclic) bond motifs is 1. The van der Waals surface area contributed by atoms with E-state index >= 15 is 0 Å².